The summed E-state index contributed by atoms with van der Waals surface area (Å²) in [6.45, 7) is 10.7. The van der Waals surface area contributed by atoms with Gasteiger partial charge in [0.1, 0.15) is 0 Å². The van der Waals surface area contributed by atoms with E-state index in [0.29, 0.717) is 12.8 Å². The molecule has 0 amide bonds. The highest BCUT2D eigenvalue weighted by Crippen LogP contribution is 2.38. The largest absolute Gasteiger partial charge is 0.466 e. The van der Waals surface area contributed by atoms with Crippen molar-refractivity contribution in [1.29, 1.82) is 0 Å². The lowest BCUT2D eigenvalue weighted by atomic mass is 10.2. The van der Waals surface area contributed by atoms with Crippen LogP contribution in [0, 0.1) is 0 Å². The van der Waals surface area contributed by atoms with Crippen LogP contribution in [0.5, 0.6) is 0 Å². The van der Waals surface area contributed by atoms with Gasteiger partial charge >= 0.3 is 5.97 Å². The molecule has 2 aromatic rings. The van der Waals surface area contributed by atoms with Gasteiger partial charge in [0.15, 0.2) is 0 Å². The highest BCUT2D eigenvalue weighted by molar-refractivity contribution is 6.99. The molecule has 2 rings (SSSR count). The Morgan fingerprint density at radius 1 is 1.00 bits per heavy atom. The first-order chi connectivity index (χ1) is 13.8. The zero-order valence-corrected chi connectivity index (χ0v) is 18.9. The van der Waals surface area contributed by atoms with E-state index in [0.717, 1.165) is 0 Å². The summed E-state index contributed by atoms with van der Waals surface area (Å²) < 4.78 is 11.8. The summed E-state index contributed by atoms with van der Waals surface area (Å²) in [7, 11) is -1.25. The average Bonchev–Trinajstić information content (AvgIpc) is 2.72. The fourth-order valence-corrected chi connectivity index (χ4v) is 8.41. The molecule has 0 saturated heterocycles. The number of carbonyl (C=O) groups excluding carboxylic acids is 1. The van der Waals surface area contributed by atoms with E-state index in [2.05, 4.69) is 75.9 Å². The normalized spacial score (nSPS) is 13.2. The second-order valence-corrected chi connectivity index (χ2v) is 12.3. The lowest BCUT2D eigenvalue weighted by Crippen LogP contribution is -2.67. The maximum absolute atomic E-state index is 11.5. The minimum absolute atomic E-state index is 0.0836. The van der Waals surface area contributed by atoms with Crippen molar-refractivity contribution in [1.82, 2.24) is 0 Å². The molecule has 1 atom stereocenters. The molecule has 0 spiro atoms. The van der Waals surface area contributed by atoms with Crippen molar-refractivity contribution in [3.63, 3.8) is 0 Å². The molecule has 4 heteroatoms. The van der Waals surface area contributed by atoms with Crippen molar-refractivity contribution >= 4 is 24.7 Å². The third kappa shape index (κ3) is 5.55. The highest BCUT2D eigenvalue weighted by Gasteiger charge is 2.51. The third-order valence-corrected chi connectivity index (χ3v) is 10.1. The number of hydrogen-bond acceptors (Lipinski definition) is 3. The number of carbonyl (C=O) groups is 1. The SMILES string of the molecule is C=CC[C@H](C/C=C\C(=O)OC)O[Si](c1ccccc1)(c1ccccc1)C(C)(C)C. The van der Waals surface area contributed by atoms with Crippen LogP contribution in [-0.2, 0) is 14.0 Å². The minimum atomic E-state index is -2.63. The van der Waals surface area contributed by atoms with E-state index in [9.17, 15) is 4.79 Å². The lowest BCUT2D eigenvalue weighted by molar-refractivity contribution is -0.134. The first-order valence-electron chi connectivity index (χ1n) is 9.99. The maximum Gasteiger partial charge on any atom is 0.330 e. The van der Waals surface area contributed by atoms with Gasteiger partial charge in [0, 0.05) is 6.08 Å². The molecule has 0 radical (unpaired) electrons. The zero-order valence-electron chi connectivity index (χ0n) is 17.9. The van der Waals surface area contributed by atoms with Gasteiger partial charge in [-0.3, -0.25) is 0 Å². The molecule has 0 unspecified atom stereocenters. The number of ether oxygens (including phenoxy) is 1. The Morgan fingerprint density at radius 2 is 1.52 bits per heavy atom. The second kappa shape index (κ2) is 10.4. The molecular formula is C25H32O3Si. The van der Waals surface area contributed by atoms with Gasteiger partial charge in [0.25, 0.3) is 8.32 Å². The van der Waals surface area contributed by atoms with Crippen LogP contribution in [-0.4, -0.2) is 27.5 Å². The topological polar surface area (TPSA) is 35.5 Å². The molecule has 0 bridgehead atoms. The van der Waals surface area contributed by atoms with Gasteiger partial charge in [-0.05, 0) is 28.3 Å². The van der Waals surface area contributed by atoms with Gasteiger partial charge in [-0.25, -0.2) is 4.79 Å². The Balaban J connectivity index is 2.55. The molecule has 3 nitrogen and oxygen atoms in total. The molecule has 2 aromatic carbocycles. The van der Waals surface area contributed by atoms with Crippen LogP contribution in [0.15, 0.2) is 85.5 Å². The lowest BCUT2D eigenvalue weighted by Gasteiger charge is -2.45. The number of benzene rings is 2. The standard InChI is InChI=1S/C25H32O3Si/c1-6-14-21(15-13-20-24(26)27-5)28-29(25(2,3)4,22-16-9-7-10-17-22)23-18-11-8-12-19-23/h6-13,16-21H,1,14-15H2,2-5H3/b20-13-/t21-/m1/s1. The van der Waals surface area contributed by atoms with Gasteiger partial charge in [0.2, 0.25) is 0 Å². The van der Waals surface area contributed by atoms with Gasteiger partial charge in [-0.2, -0.15) is 0 Å². The van der Waals surface area contributed by atoms with Crippen LogP contribution in [0.3, 0.4) is 0 Å². The molecular weight excluding hydrogens is 376 g/mol. The second-order valence-electron chi connectivity index (χ2n) is 8.09. The molecule has 0 saturated carbocycles. The molecule has 0 aliphatic rings. The molecule has 0 N–H and O–H groups in total. The highest BCUT2D eigenvalue weighted by atomic mass is 28.4. The summed E-state index contributed by atoms with van der Waals surface area (Å²) in [5.74, 6) is -0.354. The predicted molar refractivity (Wildman–Crippen MR) is 123 cm³/mol. The van der Waals surface area contributed by atoms with Crippen molar-refractivity contribution in [3.05, 3.63) is 85.5 Å². The van der Waals surface area contributed by atoms with Crippen LogP contribution < -0.4 is 10.4 Å². The van der Waals surface area contributed by atoms with Gasteiger partial charge in [-0.15, -0.1) is 6.58 Å². The molecule has 154 valence electrons. The van der Waals surface area contributed by atoms with E-state index in [1.165, 1.54) is 23.6 Å². The Kier molecular flexibility index (Phi) is 8.17. The van der Waals surface area contributed by atoms with E-state index in [-0.39, 0.29) is 17.1 Å². The first-order valence-corrected chi connectivity index (χ1v) is 11.9. The number of hydrogen-bond donors (Lipinski definition) is 0. The summed E-state index contributed by atoms with van der Waals surface area (Å²) in [5.41, 5.74) is 0. The Hall–Kier alpha value is -2.43. The summed E-state index contributed by atoms with van der Waals surface area (Å²) in [6.07, 6.45) is 6.42. The Bertz CT molecular complexity index is 767. The molecule has 0 fully saturated rings. The molecule has 0 aliphatic heterocycles. The van der Waals surface area contributed by atoms with Crippen molar-refractivity contribution in [2.75, 3.05) is 7.11 Å². The fraction of sp³-hybridized carbons (Fsp3) is 0.320. The monoisotopic (exact) mass is 408 g/mol. The molecule has 0 aromatic heterocycles. The van der Waals surface area contributed by atoms with Gasteiger partial charge in [-0.1, -0.05) is 93.6 Å². The van der Waals surface area contributed by atoms with E-state index in [1.807, 2.05) is 24.3 Å². The average molecular weight is 409 g/mol. The molecule has 0 aliphatic carbocycles. The van der Waals surface area contributed by atoms with Crippen LogP contribution in [0.2, 0.25) is 5.04 Å². The van der Waals surface area contributed by atoms with Crippen molar-refractivity contribution in [2.24, 2.45) is 0 Å². The van der Waals surface area contributed by atoms with Crippen molar-refractivity contribution < 1.29 is 14.0 Å². The van der Waals surface area contributed by atoms with Gasteiger partial charge in [0.05, 0.1) is 13.2 Å². The Labute approximate surface area is 176 Å². The Morgan fingerprint density at radius 3 is 1.93 bits per heavy atom. The minimum Gasteiger partial charge on any atom is -0.466 e. The summed E-state index contributed by atoms with van der Waals surface area (Å²) in [6, 6.07) is 21.1. The first kappa shape index (κ1) is 22.9. The molecule has 29 heavy (non-hydrogen) atoms. The fourth-order valence-electron chi connectivity index (χ4n) is 3.70. The number of methoxy groups -OCH3 is 1. The third-order valence-electron chi connectivity index (χ3n) is 5.04. The smallest absolute Gasteiger partial charge is 0.330 e. The van der Waals surface area contributed by atoms with Crippen LogP contribution >= 0.6 is 0 Å². The van der Waals surface area contributed by atoms with Crippen LogP contribution in [0.4, 0.5) is 0 Å². The van der Waals surface area contributed by atoms with E-state index in [4.69, 9.17) is 9.16 Å². The van der Waals surface area contributed by atoms with Crippen molar-refractivity contribution in [3.8, 4) is 0 Å². The number of esters is 1. The summed E-state index contributed by atoms with van der Waals surface area (Å²) in [4.78, 5) is 11.5. The summed E-state index contributed by atoms with van der Waals surface area (Å²) in [5, 5.41) is 2.38. The zero-order chi connectivity index (χ0) is 21.3. The molecule has 0 heterocycles. The van der Waals surface area contributed by atoms with Crippen molar-refractivity contribution in [2.45, 2.75) is 44.8 Å². The quantitative estimate of drug-likeness (QED) is 0.263. The van der Waals surface area contributed by atoms with Crippen LogP contribution in [0.25, 0.3) is 0 Å². The van der Waals surface area contributed by atoms with Crippen LogP contribution in [0.1, 0.15) is 33.6 Å². The predicted octanol–water partition coefficient (Wildman–Crippen LogP) is 4.63. The maximum atomic E-state index is 11.5. The van der Waals surface area contributed by atoms with E-state index < -0.39 is 8.32 Å². The van der Waals surface area contributed by atoms with Gasteiger partial charge < -0.3 is 9.16 Å². The van der Waals surface area contributed by atoms with E-state index >= 15 is 0 Å². The summed E-state index contributed by atoms with van der Waals surface area (Å²) >= 11 is 0. The van der Waals surface area contributed by atoms with E-state index in [1.54, 1.807) is 0 Å². The number of rotatable bonds is 9.